The molecule has 0 aromatic rings. The zero-order valence-electron chi connectivity index (χ0n) is 6.59. The van der Waals surface area contributed by atoms with Crippen molar-refractivity contribution >= 4 is 0 Å². The number of hydrogen-bond acceptors (Lipinski definition) is 2. The standard InChI is InChI=1S/C8H14O2/c1-4-7-10-8(5-2)9-6-3/h7-8H,1,5-6H2,2-3H3. The molecular formula is C8H14O2. The summed E-state index contributed by atoms with van der Waals surface area (Å²) in [5.74, 6) is 0. The van der Waals surface area contributed by atoms with Crippen molar-refractivity contribution < 1.29 is 9.47 Å². The Balaban J connectivity index is 3.48. The summed E-state index contributed by atoms with van der Waals surface area (Å²) < 4.78 is 10.2. The molecule has 10 heavy (non-hydrogen) atoms. The summed E-state index contributed by atoms with van der Waals surface area (Å²) in [5.41, 5.74) is 2.51. The summed E-state index contributed by atoms with van der Waals surface area (Å²) in [4.78, 5) is 0. The van der Waals surface area contributed by atoms with Crippen LogP contribution in [0.25, 0.3) is 0 Å². The summed E-state index contributed by atoms with van der Waals surface area (Å²) >= 11 is 0. The second-order valence-corrected chi connectivity index (χ2v) is 1.75. The van der Waals surface area contributed by atoms with Gasteiger partial charge in [-0.15, -0.1) is 0 Å². The van der Waals surface area contributed by atoms with Gasteiger partial charge in [-0.1, -0.05) is 19.2 Å². The highest BCUT2D eigenvalue weighted by Gasteiger charge is 2.01. The lowest BCUT2D eigenvalue weighted by Gasteiger charge is -2.12. The average Bonchev–Trinajstić information content (AvgIpc) is 1.98. The minimum Gasteiger partial charge on any atom is -0.464 e. The lowest BCUT2D eigenvalue weighted by atomic mass is 10.5. The highest BCUT2D eigenvalue weighted by atomic mass is 16.7. The maximum Gasteiger partial charge on any atom is 0.199 e. The minimum absolute atomic E-state index is 0.140. The Morgan fingerprint density at radius 1 is 1.60 bits per heavy atom. The maximum atomic E-state index is 5.17. The summed E-state index contributed by atoms with van der Waals surface area (Å²) in [6.07, 6.45) is 2.12. The number of rotatable bonds is 5. The molecule has 0 amide bonds. The lowest BCUT2D eigenvalue weighted by molar-refractivity contribution is -0.103. The van der Waals surface area contributed by atoms with Gasteiger partial charge in [0.2, 0.25) is 0 Å². The summed E-state index contributed by atoms with van der Waals surface area (Å²) in [7, 11) is 0. The molecule has 2 nitrogen and oxygen atoms in total. The van der Waals surface area contributed by atoms with Gasteiger partial charge in [-0.3, -0.25) is 0 Å². The van der Waals surface area contributed by atoms with E-state index < -0.39 is 0 Å². The number of hydrogen-bond donors (Lipinski definition) is 0. The largest absolute Gasteiger partial charge is 0.464 e. The Morgan fingerprint density at radius 2 is 2.30 bits per heavy atom. The molecule has 0 saturated heterocycles. The van der Waals surface area contributed by atoms with E-state index in [9.17, 15) is 0 Å². The first-order valence-corrected chi connectivity index (χ1v) is 3.46. The van der Waals surface area contributed by atoms with Crippen LogP contribution in [-0.2, 0) is 9.47 Å². The fraction of sp³-hybridized carbons (Fsp3) is 0.625. The van der Waals surface area contributed by atoms with E-state index in [0.29, 0.717) is 6.61 Å². The smallest absolute Gasteiger partial charge is 0.199 e. The van der Waals surface area contributed by atoms with Crippen LogP contribution in [0.15, 0.2) is 18.6 Å². The Kier molecular flexibility index (Phi) is 5.94. The maximum absolute atomic E-state index is 5.17. The van der Waals surface area contributed by atoms with Crippen molar-refractivity contribution in [3.8, 4) is 0 Å². The van der Waals surface area contributed by atoms with E-state index in [-0.39, 0.29) is 6.29 Å². The molecule has 0 aliphatic carbocycles. The van der Waals surface area contributed by atoms with E-state index in [4.69, 9.17) is 9.47 Å². The Labute approximate surface area is 62.1 Å². The van der Waals surface area contributed by atoms with Crippen LogP contribution in [0.1, 0.15) is 20.3 Å². The Bertz CT molecular complexity index is 114. The molecule has 0 fully saturated rings. The highest BCUT2D eigenvalue weighted by Crippen LogP contribution is 1.99. The molecule has 0 bridgehead atoms. The van der Waals surface area contributed by atoms with Gasteiger partial charge in [0, 0.05) is 13.0 Å². The van der Waals surface area contributed by atoms with Crippen molar-refractivity contribution in [3.63, 3.8) is 0 Å². The molecule has 0 saturated carbocycles. The summed E-state index contributed by atoms with van der Waals surface area (Å²) in [6, 6.07) is 0. The quantitative estimate of drug-likeness (QED) is 0.332. The van der Waals surface area contributed by atoms with Crippen LogP contribution in [0.2, 0.25) is 0 Å². The first-order chi connectivity index (χ1) is 4.85. The third-order valence-corrected chi connectivity index (χ3v) is 0.989. The molecule has 0 heterocycles. The van der Waals surface area contributed by atoms with Crippen LogP contribution < -0.4 is 0 Å². The molecule has 0 aliphatic heterocycles. The molecule has 0 aliphatic rings. The van der Waals surface area contributed by atoms with Crippen molar-refractivity contribution in [2.75, 3.05) is 6.61 Å². The lowest BCUT2D eigenvalue weighted by Crippen LogP contribution is -2.12. The van der Waals surface area contributed by atoms with Gasteiger partial charge < -0.3 is 9.47 Å². The van der Waals surface area contributed by atoms with E-state index in [1.807, 2.05) is 13.8 Å². The van der Waals surface area contributed by atoms with E-state index >= 15 is 0 Å². The molecule has 0 radical (unpaired) electrons. The zero-order valence-corrected chi connectivity index (χ0v) is 6.59. The molecule has 58 valence electrons. The van der Waals surface area contributed by atoms with Crippen LogP contribution in [0.4, 0.5) is 0 Å². The molecule has 0 rings (SSSR count). The SMILES string of the molecule is C=C=COC(CC)OCC. The number of ether oxygens (including phenoxy) is 2. The topological polar surface area (TPSA) is 18.5 Å². The predicted molar refractivity (Wildman–Crippen MR) is 40.5 cm³/mol. The summed E-state index contributed by atoms with van der Waals surface area (Å²) in [5, 5.41) is 0. The van der Waals surface area contributed by atoms with Crippen LogP contribution in [0, 0.1) is 0 Å². The van der Waals surface area contributed by atoms with Crippen molar-refractivity contribution in [1.29, 1.82) is 0 Å². The Morgan fingerprint density at radius 3 is 2.70 bits per heavy atom. The fourth-order valence-electron chi connectivity index (χ4n) is 0.563. The van der Waals surface area contributed by atoms with Gasteiger partial charge in [0.15, 0.2) is 6.29 Å². The van der Waals surface area contributed by atoms with Crippen LogP contribution in [0.3, 0.4) is 0 Å². The third kappa shape index (κ3) is 4.19. The van der Waals surface area contributed by atoms with Gasteiger partial charge >= 0.3 is 0 Å². The van der Waals surface area contributed by atoms with Crippen LogP contribution in [0.5, 0.6) is 0 Å². The first-order valence-electron chi connectivity index (χ1n) is 3.46. The van der Waals surface area contributed by atoms with Gasteiger partial charge in [0.25, 0.3) is 0 Å². The van der Waals surface area contributed by atoms with Gasteiger partial charge in [-0.2, -0.15) is 0 Å². The molecule has 1 atom stereocenters. The van der Waals surface area contributed by atoms with E-state index in [0.717, 1.165) is 6.42 Å². The van der Waals surface area contributed by atoms with Crippen molar-refractivity contribution in [1.82, 2.24) is 0 Å². The second kappa shape index (κ2) is 6.40. The normalized spacial score (nSPS) is 11.8. The summed E-state index contributed by atoms with van der Waals surface area (Å²) in [6.45, 7) is 7.97. The van der Waals surface area contributed by atoms with Crippen LogP contribution >= 0.6 is 0 Å². The van der Waals surface area contributed by atoms with Gasteiger partial charge in [0.05, 0.1) is 0 Å². The third-order valence-electron chi connectivity index (χ3n) is 0.989. The van der Waals surface area contributed by atoms with Crippen molar-refractivity contribution in [2.45, 2.75) is 26.6 Å². The van der Waals surface area contributed by atoms with Gasteiger partial charge in [-0.25, -0.2) is 0 Å². The van der Waals surface area contributed by atoms with Crippen LogP contribution in [-0.4, -0.2) is 12.9 Å². The molecule has 0 spiro atoms. The van der Waals surface area contributed by atoms with E-state index in [1.165, 1.54) is 6.26 Å². The first kappa shape index (κ1) is 9.28. The van der Waals surface area contributed by atoms with Crippen molar-refractivity contribution in [3.05, 3.63) is 18.6 Å². The molecule has 1 unspecified atom stereocenters. The van der Waals surface area contributed by atoms with Gasteiger partial charge in [-0.05, 0) is 6.92 Å². The predicted octanol–water partition coefficient (Wildman–Crippen LogP) is 2.07. The second-order valence-electron chi connectivity index (χ2n) is 1.75. The minimum atomic E-state index is -0.140. The van der Waals surface area contributed by atoms with E-state index in [1.54, 1.807) is 0 Å². The van der Waals surface area contributed by atoms with E-state index in [2.05, 4.69) is 12.3 Å². The molecule has 0 aromatic carbocycles. The molecule has 0 N–H and O–H groups in total. The zero-order chi connectivity index (χ0) is 7.82. The molecular weight excluding hydrogens is 128 g/mol. The van der Waals surface area contributed by atoms with Gasteiger partial charge in [0.1, 0.15) is 6.26 Å². The van der Waals surface area contributed by atoms with Crippen molar-refractivity contribution in [2.24, 2.45) is 0 Å². The monoisotopic (exact) mass is 142 g/mol. The fourth-order valence-corrected chi connectivity index (χ4v) is 0.563. The Hall–Kier alpha value is -0.720. The average molecular weight is 142 g/mol. The molecule has 0 aromatic heterocycles. The highest BCUT2D eigenvalue weighted by molar-refractivity contribution is 4.64. The molecule has 2 heteroatoms.